The molecule has 0 amide bonds. The van der Waals surface area contributed by atoms with E-state index >= 15 is 0 Å². The maximum atomic E-state index is 13.3. The van der Waals surface area contributed by atoms with Gasteiger partial charge in [0.15, 0.2) is 0 Å². The van der Waals surface area contributed by atoms with Gasteiger partial charge in [0.05, 0.1) is 0 Å². The summed E-state index contributed by atoms with van der Waals surface area (Å²) < 4.78 is 10.9. The van der Waals surface area contributed by atoms with Crippen molar-refractivity contribution in [3.8, 4) is 23.0 Å². The second kappa shape index (κ2) is 16.8. The molecule has 0 aromatic heterocycles. The van der Waals surface area contributed by atoms with Gasteiger partial charge in [-0.25, -0.2) is 9.59 Å². The summed E-state index contributed by atoms with van der Waals surface area (Å²) in [6.07, 6.45) is 5.08. The molecule has 0 unspecified atom stereocenters. The molecular weight excluding hydrogens is 564 g/mol. The maximum Gasteiger partial charge on any atom is 0.347 e. The number of Topliss-reactive ketones (excluding diaryl/α,β-unsaturated/α-hetero) is 2. The lowest BCUT2D eigenvalue weighted by Gasteiger charge is -2.15. The van der Waals surface area contributed by atoms with Gasteiger partial charge in [-0.3, -0.25) is 9.59 Å². The molecule has 0 saturated carbocycles. The smallest absolute Gasteiger partial charge is 0.347 e. The number of ketones is 2. The molecule has 234 valence electrons. The normalized spacial score (nSPS) is 10.8. The number of rotatable bonds is 17. The molecule has 3 N–H and O–H groups in total. The SMILES string of the molecule is CCCCCC(=O)Cc1cc(OC(=O)c2c(O)cc(O)cc2CC(=O)CCCCC)cc(O)c1C(=O)OCc1ccccc1. The number of carbonyl (C=O) groups excluding carboxylic acids is 4. The third-order valence-electron chi connectivity index (χ3n) is 7.08. The summed E-state index contributed by atoms with van der Waals surface area (Å²) in [5.41, 5.74) is 0.417. The number of esters is 2. The van der Waals surface area contributed by atoms with Gasteiger partial charge in [-0.15, -0.1) is 0 Å². The Kier molecular flexibility index (Phi) is 13.0. The Balaban J connectivity index is 1.90. The summed E-state index contributed by atoms with van der Waals surface area (Å²) in [5, 5.41) is 31.4. The van der Waals surface area contributed by atoms with Crippen LogP contribution in [0.15, 0.2) is 54.6 Å². The minimum atomic E-state index is -1.04. The van der Waals surface area contributed by atoms with Crippen molar-refractivity contribution in [1.29, 1.82) is 0 Å². The lowest BCUT2D eigenvalue weighted by Crippen LogP contribution is -2.16. The molecule has 0 aliphatic carbocycles. The fourth-order valence-electron chi connectivity index (χ4n) is 4.83. The molecule has 0 bridgehead atoms. The number of hydrogen-bond donors (Lipinski definition) is 3. The molecule has 0 radical (unpaired) electrons. The van der Waals surface area contributed by atoms with Crippen LogP contribution in [0.4, 0.5) is 0 Å². The Labute approximate surface area is 257 Å². The Morgan fingerprint density at radius 1 is 0.659 bits per heavy atom. The van der Waals surface area contributed by atoms with Crippen LogP contribution in [-0.4, -0.2) is 38.8 Å². The highest BCUT2D eigenvalue weighted by Crippen LogP contribution is 2.33. The minimum absolute atomic E-state index is 0.0557. The molecule has 0 saturated heterocycles. The van der Waals surface area contributed by atoms with E-state index in [0.717, 1.165) is 43.4 Å². The zero-order chi connectivity index (χ0) is 32.1. The number of phenols is 3. The van der Waals surface area contributed by atoms with Gasteiger partial charge in [-0.05, 0) is 41.7 Å². The summed E-state index contributed by atoms with van der Waals surface area (Å²) in [5.74, 6) is -3.87. The van der Waals surface area contributed by atoms with E-state index in [9.17, 15) is 34.5 Å². The van der Waals surface area contributed by atoms with Crippen molar-refractivity contribution < 1.29 is 44.0 Å². The van der Waals surface area contributed by atoms with Gasteiger partial charge in [-0.2, -0.15) is 0 Å². The van der Waals surface area contributed by atoms with Gasteiger partial charge in [0, 0.05) is 37.8 Å². The summed E-state index contributed by atoms with van der Waals surface area (Å²) in [4.78, 5) is 51.7. The summed E-state index contributed by atoms with van der Waals surface area (Å²) in [6.45, 7) is 3.97. The molecule has 0 fully saturated rings. The molecule has 0 aliphatic heterocycles. The fraction of sp³-hybridized carbons (Fsp3) is 0.371. The number of phenolic OH excluding ortho intramolecular Hbond substituents is 3. The maximum absolute atomic E-state index is 13.3. The van der Waals surface area contributed by atoms with E-state index in [1.54, 1.807) is 24.3 Å². The molecule has 3 aromatic carbocycles. The lowest BCUT2D eigenvalue weighted by atomic mass is 9.97. The van der Waals surface area contributed by atoms with Crippen molar-refractivity contribution in [1.82, 2.24) is 0 Å². The molecular formula is C35H40O9. The number of aromatic hydroxyl groups is 3. The van der Waals surface area contributed by atoms with Crippen molar-refractivity contribution in [3.63, 3.8) is 0 Å². The predicted octanol–water partition coefficient (Wildman–Crippen LogP) is 6.76. The van der Waals surface area contributed by atoms with Crippen LogP contribution < -0.4 is 4.74 Å². The average molecular weight is 605 g/mol. The number of ether oxygens (including phenoxy) is 2. The molecule has 9 nitrogen and oxygen atoms in total. The summed E-state index contributed by atoms with van der Waals surface area (Å²) >= 11 is 0. The first kappa shape index (κ1) is 33.8. The molecule has 0 atom stereocenters. The zero-order valence-corrected chi connectivity index (χ0v) is 25.3. The van der Waals surface area contributed by atoms with E-state index in [1.165, 1.54) is 12.1 Å². The first-order chi connectivity index (χ1) is 21.1. The minimum Gasteiger partial charge on any atom is -0.508 e. The second-order valence-electron chi connectivity index (χ2n) is 10.8. The molecule has 44 heavy (non-hydrogen) atoms. The molecule has 0 aliphatic rings. The highest BCUT2D eigenvalue weighted by atomic mass is 16.5. The number of benzene rings is 3. The Hall–Kier alpha value is -4.66. The van der Waals surface area contributed by atoms with E-state index in [2.05, 4.69) is 0 Å². The van der Waals surface area contributed by atoms with E-state index < -0.39 is 23.4 Å². The molecule has 0 heterocycles. The van der Waals surface area contributed by atoms with E-state index in [1.807, 2.05) is 19.9 Å². The molecule has 3 aromatic rings. The zero-order valence-electron chi connectivity index (χ0n) is 25.3. The lowest BCUT2D eigenvalue weighted by molar-refractivity contribution is -0.119. The van der Waals surface area contributed by atoms with Crippen molar-refractivity contribution in [2.24, 2.45) is 0 Å². The van der Waals surface area contributed by atoms with Gasteiger partial charge in [-0.1, -0.05) is 69.9 Å². The van der Waals surface area contributed by atoms with Crippen LogP contribution in [0.3, 0.4) is 0 Å². The van der Waals surface area contributed by atoms with Gasteiger partial charge in [0.1, 0.15) is 52.3 Å². The van der Waals surface area contributed by atoms with Crippen LogP contribution in [0.5, 0.6) is 23.0 Å². The van der Waals surface area contributed by atoms with E-state index in [4.69, 9.17) is 9.47 Å². The average Bonchev–Trinajstić information content (AvgIpc) is 2.96. The van der Waals surface area contributed by atoms with Crippen LogP contribution in [0, 0.1) is 0 Å². The first-order valence-corrected chi connectivity index (χ1v) is 15.0. The third kappa shape index (κ3) is 9.97. The largest absolute Gasteiger partial charge is 0.508 e. The van der Waals surface area contributed by atoms with Crippen LogP contribution in [0.2, 0.25) is 0 Å². The van der Waals surface area contributed by atoms with Crippen molar-refractivity contribution in [2.45, 2.75) is 84.7 Å². The molecule has 0 spiro atoms. The fourth-order valence-corrected chi connectivity index (χ4v) is 4.83. The van der Waals surface area contributed by atoms with E-state index in [-0.39, 0.29) is 77.6 Å². The van der Waals surface area contributed by atoms with Gasteiger partial charge in [0.2, 0.25) is 0 Å². The Bertz CT molecular complexity index is 1460. The van der Waals surface area contributed by atoms with E-state index in [0.29, 0.717) is 12.8 Å². The Morgan fingerprint density at radius 3 is 1.80 bits per heavy atom. The van der Waals surface area contributed by atoms with Crippen molar-refractivity contribution in [2.75, 3.05) is 0 Å². The molecule has 3 rings (SSSR count). The number of carbonyl (C=O) groups is 4. The first-order valence-electron chi connectivity index (χ1n) is 15.0. The second-order valence-corrected chi connectivity index (χ2v) is 10.8. The summed E-state index contributed by atoms with van der Waals surface area (Å²) in [6, 6.07) is 13.5. The quantitative estimate of drug-likeness (QED) is 0.0863. The van der Waals surface area contributed by atoms with Gasteiger partial charge >= 0.3 is 11.9 Å². The number of unbranched alkanes of at least 4 members (excludes halogenated alkanes) is 4. The Morgan fingerprint density at radius 2 is 1.20 bits per heavy atom. The van der Waals surface area contributed by atoms with Gasteiger partial charge in [0.25, 0.3) is 0 Å². The van der Waals surface area contributed by atoms with Crippen LogP contribution in [0.1, 0.15) is 103 Å². The highest BCUT2D eigenvalue weighted by Gasteiger charge is 2.25. The standard InChI is InChI=1S/C35H40O9/c1-3-5-8-14-26(36)16-24-18-28(38)20-30(39)33(24)35(42)44-29-19-25(17-27(37)15-9-6-4-2)32(31(40)21-29)34(41)43-22-23-12-10-7-11-13-23/h7,10-13,18-21,38-40H,3-6,8-9,14-17,22H2,1-2H3. The van der Waals surface area contributed by atoms with Gasteiger partial charge < -0.3 is 24.8 Å². The predicted molar refractivity (Wildman–Crippen MR) is 164 cm³/mol. The van der Waals surface area contributed by atoms with Crippen molar-refractivity contribution >= 4 is 23.5 Å². The highest BCUT2D eigenvalue weighted by molar-refractivity contribution is 5.99. The van der Waals surface area contributed by atoms with Crippen LogP contribution in [0.25, 0.3) is 0 Å². The molecule has 9 heteroatoms. The third-order valence-corrected chi connectivity index (χ3v) is 7.08. The monoisotopic (exact) mass is 604 g/mol. The van der Waals surface area contributed by atoms with Crippen LogP contribution in [-0.2, 0) is 33.8 Å². The van der Waals surface area contributed by atoms with Crippen molar-refractivity contribution in [3.05, 3.63) is 82.4 Å². The topological polar surface area (TPSA) is 147 Å². The number of hydrogen-bond acceptors (Lipinski definition) is 9. The summed E-state index contributed by atoms with van der Waals surface area (Å²) in [7, 11) is 0. The van der Waals surface area contributed by atoms with Crippen LogP contribution >= 0.6 is 0 Å².